The Balaban J connectivity index is 2.07. The number of rotatable bonds is 4. The van der Waals surface area contributed by atoms with E-state index in [0.717, 1.165) is 48.3 Å². The summed E-state index contributed by atoms with van der Waals surface area (Å²) in [6.45, 7) is 0. The van der Waals surface area contributed by atoms with E-state index in [-0.39, 0.29) is 16.0 Å². The number of hydrogen-bond acceptors (Lipinski definition) is 4. The Kier molecular flexibility index (Phi) is 5.05. The van der Waals surface area contributed by atoms with Crippen LogP contribution in [0.15, 0.2) is 41.4 Å². The third-order valence-corrected chi connectivity index (χ3v) is 4.89. The van der Waals surface area contributed by atoms with E-state index >= 15 is 0 Å². The predicted molar refractivity (Wildman–Crippen MR) is 92.2 cm³/mol. The predicted octanol–water partition coefficient (Wildman–Crippen LogP) is 5.53. The summed E-state index contributed by atoms with van der Waals surface area (Å²) >= 11 is 0.737. The topological polar surface area (TPSA) is 57.0 Å². The number of aromatic nitrogens is 1. The Hall–Kier alpha value is -2.68. The van der Waals surface area contributed by atoms with Crippen molar-refractivity contribution in [2.75, 3.05) is 0 Å². The first-order valence-electron chi connectivity index (χ1n) is 7.52. The number of aromatic hydroxyl groups is 1. The van der Waals surface area contributed by atoms with Crippen LogP contribution in [0.2, 0.25) is 0 Å². The molecule has 0 amide bonds. The highest BCUT2D eigenvalue weighted by Crippen LogP contribution is 2.38. The van der Waals surface area contributed by atoms with Crippen molar-refractivity contribution >= 4 is 28.7 Å². The molecule has 0 spiro atoms. The fraction of sp³-hybridized carbons (Fsp3) is 0.111. The third-order valence-electron chi connectivity index (χ3n) is 3.87. The average Bonchev–Trinajstić information content (AvgIpc) is 2.60. The SMILES string of the molecule is N=Cc1c(O)nc(SCc2c(F)cccc2C(F)(F)F)c2cc(F)ccc12. The first-order chi connectivity index (χ1) is 12.7. The van der Waals surface area contributed by atoms with Crippen molar-refractivity contribution in [1.29, 1.82) is 5.41 Å². The number of halogens is 5. The molecule has 0 aliphatic heterocycles. The molecule has 0 saturated carbocycles. The van der Waals surface area contributed by atoms with Crippen molar-refractivity contribution in [2.45, 2.75) is 17.0 Å². The quantitative estimate of drug-likeness (QED) is 0.345. The Morgan fingerprint density at radius 3 is 2.52 bits per heavy atom. The van der Waals surface area contributed by atoms with Crippen LogP contribution in [0.4, 0.5) is 22.0 Å². The summed E-state index contributed by atoms with van der Waals surface area (Å²) in [6, 6.07) is 6.23. The van der Waals surface area contributed by atoms with Crippen molar-refractivity contribution in [3.8, 4) is 5.88 Å². The maximum Gasteiger partial charge on any atom is 0.416 e. The van der Waals surface area contributed by atoms with Gasteiger partial charge in [0, 0.05) is 22.9 Å². The minimum absolute atomic E-state index is 0.0315. The summed E-state index contributed by atoms with van der Waals surface area (Å²) in [4.78, 5) is 3.85. The second-order valence-electron chi connectivity index (χ2n) is 5.54. The molecule has 9 heteroatoms. The molecule has 0 bridgehead atoms. The maximum atomic E-state index is 14.0. The minimum atomic E-state index is -4.73. The molecular weight excluding hydrogens is 387 g/mol. The highest BCUT2D eigenvalue weighted by molar-refractivity contribution is 7.98. The fourth-order valence-electron chi connectivity index (χ4n) is 2.63. The number of thioether (sulfide) groups is 1. The Bertz CT molecular complexity index is 1040. The van der Waals surface area contributed by atoms with Gasteiger partial charge in [0.1, 0.15) is 16.7 Å². The molecule has 3 rings (SSSR count). The van der Waals surface area contributed by atoms with Gasteiger partial charge in [-0.25, -0.2) is 13.8 Å². The van der Waals surface area contributed by atoms with Gasteiger partial charge in [-0.15, -0.1) is 11.8 Å². The Morgan fingerprint density at radius 1 is 1.11 bits per heavy atom. The lowest BCUT2D eigenvalue weighted by Crippen LogP contribution is -2.10. The van der Waals surface area contributed by atoms with Crippen molar-refractivity contribution < 1.29 is 27.1 Å². The van der Waals surface area contributed by atoms with Gasteiger partial charge in [-0.2, -0.15) is 13.2 Å². The Labute approximate surface area is 154 Å². The number of alkyl halides is 3. The standard InChI is InChI=1S/C18H11F5N2OS/c19-9-4-5-10-11(6-9)17(25-16(26)12(10)7-24)27-8-13-14(18(21,22)23)2-1-3-15(13)20/h1-7,24H,8H2,(H,25,26). The maximum absolute atomic E-state index is 14.0. The molecule has 3 nitrogen and oxygen atoms in total. The molecule has 0 saturated heterocycles. The zero-order valence-corrected chi connectivity index (χ0v) is 14.3. The van der Waals surface area contributed by atoms with Crippen molar-refractivity contribution in [2.24, 2.45) is 0 Å². The lowest BCUT2D eigenvalue weighted by atomic mass is 10.1. The second-order valence-corrected chi connectivity index (χ2v) is 6.50. The van der Waals surface area contributed by atoms with Gasteiger partial charge in [-0.3, -0.25) is 0 Å². The van der Waals surface area contributed by atoms with Crippen molar-refractivity contribution in [3.05, 3.63) is 64.7 Å². The van der Waals surface area contributed by atoms with Gasteiger partial charge >= 0.3 is 6.18 Å². The molecule has 1 heterocycles. The zero-order chi connectivity index (χ0) is 19.8. The summed E-state index contributed by atoms with van der Waals surface area (Å²) in [7, 11) is 0. The molecule has 0 radical (unpaired) electrons. The zero-order valence-electron chi connectivity index (χ0n) is 13.4. The van der Waals surface area contributed by atoms with Crippen LogP contribution in [-0.2, 0) is 11.9 Å². The van der Waals surface area contributed by atoms with Crippen LogP contribution in [0, 0.1) is 17.0 Å². The van der Waals surface area contributed by atoms with Gasteiger partial charge < -0.3 is 10.5 Å². The second kappa shape index (κ2) is 7.15. The molecule has 27 heavy (non-hydrogen) atoms. The molecule has 0 atom stereocenters. The minimum Gasteiger partial charge on any atom is -0.493 e. The summed E-state index contributed by atoms with van der Waals surface area (Å²) < 4.78 is 67.0. The van der Waals surface area contributed by atoms with Crippen LogP contribution in [0.5, 0.6) is 5.88 Å². The molecule has 2 aromatic carbocycles. The van der Waals surface area contributed by atoms with Crippen molar-refractivity contribution in [3.63, 3.8) is 0 Å². The fourth-order valence-corrected chi connectivity index (χ4v) is 3.68. The largest absolute Gasteiger partial charge is 0.493 e. The van der Waals surface area contributed by atoms with E-state index in [9.17, 15) is 27.1 Å². The monoisotopic (exact) mass is 398 g/mol. The van der Waals surface area contributed by atoms with Crippen LogP contribution < -0.4 is 0 Å². The number of nitrogens with zero attached hydrogens (tertiary/aromatic N) is 1. The molecular formula is C18H11F5N2OS. The van der Waals surface area contributed by atoms with Crippen LogP contribution in [0.25, 0.3) is 10.8 Å². The average molecular weight is 398 g/mol. The van der Waals surface area contributed by atoms with E-state index in [1.807, 2.05) is 0 Å². The number of pyridine rings is 1. The molecule has 0 unspecified atom stereocenters. The van der Waals surface area contributed by atoms with Gasteiger partial charge in [0.05, 0.1) is 11.1 Å². The highest BCUT2D eigenvalue weighted by atomic mass is 32.2. The van der Waals surface area contributed by atoms with Crippen LogP contribution in [0.3, 0.4) is 0 Å². The smallest absolute Gasteiger partial charge is 0.416 e. The van der Waals surface area contributed by atoms with Crippen LogP contribution >= 0.6 is 11.8 Å². The van der Waals surface area contributed by atoms with E-state index in [2.05, 4.69) is 4.98 Å². The molecule has 3 aromatic rings. The number of benzene rings is 2. The van der Waals surface area contributed by atoms with Gasteiger partial charge in [0.25, 0.3) is 0 Å². The summed E-state index contributed by atoms with van der Waals surface area (Å²) in [6.07, 6.45) is -3.89. The van der Waals surface area contributed by atoms with E-state index in [1.54, 1.807) is 0 Å². The summed E-state index contributed by atoms with van der Waals surface area (Å²) in [5.41, 5.74) is -1.61. The Morgan fingerprint density at radius 2 is 1.85 bits per heavy atom. The molecule has 140 valence electrons. The van der Waals surface area contributed by atoms with Gasteiger partial charge in [-0.05, 0) is 29.7 Å². The molecule has 0 fully saturated rings. The highest BCUT2D eigenvalue weighted by Gasteiger charge is 2.34. The first kappa shape index (κ1) is 19.1. The van der Waals surface area contributed by atoms with Crippen molar-refractivity contribution in [1.82, 2.24) is 4.98 Å². The number of hydrogen-bond donors (Lipinski definition) is 2. The van der Waals surface area contributed by atoms with Crippen LogP contribution in [0.1, 0.15) is 16.7 Å². The summed E-state index contributed by atoms with van der Waals surface area (Å²) in [5.74, 6) is -2.58. The van der Waals surface area contributed by atoms with Gasteiger partial charge in [-0.1, -0.05) is 12.1 Å². The normalized spacial score (nSPS) is 11.7. The first-order valence-corrected chi connectivity index (χ1v) is 8.51. The van der Waals surface area contributed by atoms with E-state index in [0.29, 0.717) is 5.39 Å². The third kappa shape index (κ3) is 3.73. The molecule has 0 aliphatic rings. The molecule has 0 aliphatic carbocycles. The number of nitrogens with one attached hydrogen (secondary N) is 1. The van der Waals surface area contributed by atoms with E-state index in [1.165, 1.54) is 6.07 Å². The van der Waals surface area contributed by atoms with Gasteiger partial charge in [0.2, 0.25) is 5.88 Å². The van der Waals surface area contributed by atoms with E-state index < -0.39 is 40.6 Å². The summed E-state index contributed by atoms with van der Waals surface area (Å²) in [5, 5.41) is 17.9. The molecule has 2 N–H and O–H groups in total. The molecule has 1 aromatic heterocycles. The van der Waals surface area contributed by atoms with E-state index in [4.69, 9.17) is 5.41 Å². The number of fused-ring (bicyclic) bond motifs is 1. The van der Waals surface area contributed by atoms with Crippen LogP contribution in [-0.4, -0.2) is 16.3 Å². The van der Waals surface area contributed by atoms with Gasteiger partial charge in [0.15, 0.2) is 0 Å². The lowest BCUT2D eigenvalue weighted by molar-refractivity contribution is -0.138. The lowest BCUT2D eigenvalue weighted by Gasteiger charge is -2.14.